The van der Waals surface area contributed by atoms with Crippen LogP contribution in [0.15, 0.2) is 54.6 Å². The number of benzene rings is 2. The molecule has 2 aromatic carbocycles. The van der Waals surface area contributed by atoms with E-state index in [9.17, 15) is 19.2 Å². The van der Waals surface area contributed by atoms with Gasteiger partial charge in [0.2, 0.25) is 5.91 Å². The maximum atomic E-state index is 13.7. The Bertz CT molecular complexity index is 1070. The fraction of sp³-hybridized carbons (Fsp3) is 0.407. The average molecular weight is 501 g/mol. The number of likely N-dealkylation sites (N-methyl/N-ethyl adjacent to an activating group) is 2. The van der Waals surface area contributed by atoms with E-state index in [4.69, 9.17) is 10.2 Å². The van der Waals surface area contributed by atoms with Crippen LogP contribution in [0, 0.1) is 0 Å². The van der Waals surface area contributed by atoms with Gasteiger partial charge in [0.1, 0.15) is 0 Å². The van der Waals surface area contributed by atoms with Crippen LogP contribution in [0.1, 0.15) is 49.9 Å². The molecule has 0 spiro atoms. The minimum atomic E-state index is -1.26. The third kappa shape index (κ3) is 7.47. The van der Waals surface area contributed by atoms with Gasteiger partial charge in [-0.1, -0.05) is 55.3 Å². The van der Waals surface area contributed by atoms with Gasteiger partial charge in [0, 0.05) is 30.8 Å². The summed E-state index contributed by atoms with van der Waals surface area (Å²) in [5, 5.41) is 17.7. The molecule has 3 rings (SSSR count). The highest BCUT2D eigenvalue weighted by molar-refractivity contribution is 6.12. The minimum Gasteiger partial charge on any atom is -0.478 e. The number of aliphatic carboxylic acids is 2. The molecule has 1 aliphatic rings. The number of hydrogen-bond acceptors (Lipinski definition) is 5. The second kappa shape index (κ2) is 14.1. The van der Waals surface area contributed by atoms with E-state index < -0.39 is 17.5 Å². The fourth-order valence-corrected chi connectivity index (χ4v) is 4.59. The van der Waals surface area contributed by atoms with Crippen LogP contribution in [0.5, 0.6) is 0 Å². The molecule has 0 unspecified atom stereocenters. The van der Waals surface area contributed by atoms with E-state index >= 15 is 0 Å². The first-order valence-electron chi connectivity index (χ1n) is 11.8. The molecule has 36 heavy (non-hydrogen) atoms. The summed E-state index contributed by atoms with van der Waals surface area (Å²) in [7, 11) is 1.94. The van der Waals surface area contributed by atoms with E-state index in [0.717, 1.165) is 42.0 Å². The third-order valence-electron chi connectivity index (χ3n) is 6.48. The van der Waals surface area contributed by atoms with Gasteiger partial charge >= 0.3 is 11.9 Å². The maximum absolute atomic E-state index is 13.7. The van der Waals surface area contributed by atoms with Gasteiger partial charge < -0.3 is 20.6 Å². The van der Waals surface area contributed by atoms with Crippen LogP contribution in [0.2, 0.25) is 0 Å². The van der Waals surface area contributed by atoms with Crippen LogP contribution in [-0.2, 0) is 14.4 Å². The summed E-state index contributed by atoms with van der Waals surface area (Å²) in [6.07, 6.45) is 4.81. The lowest BCUT2D eigenvalue weighted by Crippen LogP contribution is -2.54. The molecule has 0 heterocycles. The van der Waals surface area contributed by atoms with Crippen molar-refractivity contribution in [2.75, 3.05) is 26.7 Å². The van der Waals surface area contributed by atoms with Gasteiger partial charge in [-0.3, -0.25) is 14.5 Å². The van der Waals surface area contributed by atoms with E-state index in [1.807, 2.05) is 73.2 Å². The predicted octanol–water partition coefficient (Wildman–Crippen LogP) is 3.02. The number of ketones is 1. The lowest BCUT2D eigenvalue weighted by molar-refractivity contribution is -0.134. The van der Waals surface area contributed by atoms with Crippen molar-refractivity contribution in [1.82, 2.24) is 9.80 Å². The number of hydrogen-bond donors (Lipinski definition) is 2. The van der Waals surface area contributed by atoms with Crippen molar-refractivity contribution >= 4 is 34.4 Å². The molecule has 9 heteroatoms. The predicted molar refractivity (Wildman–Crippen MR) is 138 cm³/mol. The van der Waals surface area contributed by atoms with Crippen molar-refractivity contribution in [3.05, 3.63) is 60.2 Å². The van der Waals surface area contributed by atoms with Crippen molar-refractivity contribution in [1.29, 1.82) is 0 Å². The van der Waals surface area contributed by atoms with Gasteiger partial charge in [0.05, 0.1) is 12.1 Å². The summed E-state index contributed by atoms with van der Waals surface area (Å²) >= 11 is 0. The van der Waals surface area contributed by atoms with Gasteiger partial charge in [-0.25, -0.2) is 9.59 Å². The molecule has 1 amide bonds. The summed E-state index contributed by atoms with van der Waals surface area (Å²) in [5.41, 5.74) is 0.199. The van der Waals surface area contributed by atoms with Crippen LogP contribution in [0.25, 0.3) is 10.8 Å². The number of carbonyl (C=O) groups is 4. The van der Waals surface area contributed by atoms with Crippen LogP contribution in [0.4, 0.5) is 0 Å². The Morgan fingerprint density at radius 3 is 1.94 bits per heavy atom. The number of Topliss-reactive ketones (excluding diaryl/α,β-unsaturated/α-hetero) is 1. The van der Waals surface area contributed by atoms with Gasteiger partial charge in [0.15, 0.2) is 5.78 Å². The normalized spacial score (nSPS) is 14.1. The van der Waals surface area contributed by atoms with Crippen molar-refractivity contribution in [2.45, 2.75) is 45.1 Å². The Balaban J connectivity index is 0.000000625. The average Bonchev–Trinajstić information content (AvgIpc) is 3.34. The molecule has 196 valence electrons. The van der Waals surface area contributed by atoms with Gasteiger partial charge in [-0.15, -0.1) is 0 Å². The molecule has 9 nitrogen and oxygen atoms in total. The minimum absolute atomic E-state index is 0. The number of carboxylic acid groups (broad SMARTS) is 2. The lowest BCUT2D eigenvalue weighted by atomic mass is 9.84. The van der Waals surface area contributed by atoms with E-state index in [1.54, 1.807) is 0 Å². The second-order valence-corrected chi connectivity index (χ2v) is 8.53. The Morgan fingerprint density at radius 1 is 0.889 bits per heavy atom. The molecule has 0 bridgehead atoms. The number of amides is 1. The number of carbonyl (C=O) groups excluding carboxylic acids is 2. The van der Waals surface area contributed by atoms with Crippen molar-refractivity contribution in [3.8, 4) is 0 Å². The van der Waals surface area contributed by atoms with Crippen LogP contribution >= 0.6 is 0 Å². The summed E-state index contributed by atoms with van der Waals surface area (Å²) in [4.78, 5) is 49.4. The number of fused-ring (bicyclic) bond motifs is 1. The SMILES string of the molecule is CCN(CC)C(=O)CN(C)C1(C(=O)c2cccc3ccccc23)CCCC1.O.O=C(O)/C=C/C(=O)O. The van der Waals surface area contributed by atoms with Gasteiger partial charge in [-0.2, -0.15) is 0 Å². The number of carboxylic acids is 2. The molecule has 0 saturated heterocycles. The van der Waals surface area contributed by atoms with Crippen LogP contribution in [-0.4, -0.2) is 81.3 Å². The molecular weight excluding hydrogens is 464 g/mol. The monoisotopic (exact) mass is 500 g/mol. The number of rotatable bonds is 9. The zero-order chi connectivity index (χ0) is 26.0. The molecule has 1 saturated carbocycles. The Hall–Kier alpha value is -3.56. The summed E-state index contributed by atoms with van der Waals surface area (Å²) in [5.74, 6) is -2.26. The van der Waals surface area contributed by atoms with Gasteiger partial charge in [-0.05, 0) is 44.5 Å². The van der Waals surface area contributed by atoms with Crippen LogP contribution in [0.3, 0.4) is 0 Å². The van der Waals surface area contributed by atoms with E-state index in [1.165, 1.54) is 0 Å². The summed E-state index contributed by atoms with van der Waals surface area (Å²) < 4.78 is 0. The molecule has 1 aliphatic carbocycles. The van der Waals surface area contributed by atoms with Crippen molar-refractivity contribution in [3.63, 3.8) is 0 Å². The molecule has 1 fully saturated rings. The maximum Gasteiger partial charge on any atom is 0.328 e. The second-order valence-electron chi connectivity index (χ2n) is 8.53. The third-order valence-corrected chi connectivity index (χ3v) is 6.48. The van der Waals surface area contributed by atoms with E-state index in [0.29, 0.717) is 25.2 Å². The molecule has 2 aromatic rings. The molecular formula is C27H36N2O7. The zero-order valence-electron chi connectivity index (χ0n) is 21.1. The van der Waals surface area contributed by atoms with Crippen LogP contribution < -0.4 is 0 Å². The first-order valence-corrected chi connectivity index (χ1v) is 11.8. The van der Waals surface area contributed by atoms with Gasteiger partial charge in [0.25, 0.3) is 0 Å². The first kappa shape index (κ1) is 30.5. The van der Waals surface area contributed by atoms with Crippen molar-refractivity contribution in [2.24, 2.45) is 0 Å². The summed E-state index contributed by atoms with van der Waals surface area (Å²) in [6.45, 7) is 5.68. The molecule has 0 aromatic heterocycles. The molecule has 0 radical (unpaired) electrons. The molecule has 0 atom stereocenters. The number of nitrogens with zero attached hydrogens (tertiary/aromatic N) is 2. The standard InChI is InChI=1S/C23H30N2O2.C4H4O4.H2O/c1-4-25(5-2)21(26)17-24(3)23(15-8-9-16-23)22(27)20-14-10-12-18-11-6-7-13-19(18)20;5-3(6)1-2-4(7)8;/h6-7,10-14H,4-5,8-9,15-17H2,1-3H3;1-2H,(H,5,6)(H,7,8);1H2/b;2-1+;. The molecule has 4 N–H and O–H groups in total. The van der Waals surface area contributed by atoms with E-state index in [2.05, 4.69) is 0 Å². The largest absolute Gasteiger partial charge is 0.478 e. The van der Waals surface area contributed by atoms with E-state index in [-0.39, 0.29) is 23.7 Å². The van der Waals surface area contributed by atoms with Crippen molar-refractivity contribution < 1.29 is 34.9 Å². The Kier molecular flexibility index (Phi) is 11.9. The topological polar surface area (TPSA) is 147 Å². The highest BCUT2D eigenvalue weighted by atomic mass is 16.4. The Morgan fingerprint density at radius 2 is 1.42 bits per heavy atom. The quantitative estimate of drug-likeness (QED) is 0.397. The zero-order valence-corrected chi connectivity index (χ0v) is 21.1. The smallest absolute Gasteiger partial charge is 0.328 e. The summed E-state index contributed by atoms with van der Waals surface area (Å²) in [6, 6.07) is 14.0. The lowest BCUT2D eigenvalue weighted by Gasteiger charge is -2.38. The fourth-order valence-electron chi connectivity index (χ4n) is 4.59. The highest BCUT2D eigenvalue weighted by Crippen LogP contribution is 2.38. The highest BCUT2D eigenvalue weighted by Gasteiger charge is 2.45. The Labute approximate surface area is 211 Å². The first-order chi connectivity index (χ1) is 16.7. The molecule has 0 aliphatic heterocycles.